The van der Waals surface area contributed by atoms with Crippen LogP contribution in [0.5, 0.6) is 5.75 Å². The van der Waals surface area contributed by atoms with Gasteiger partial charge in [0.05, 0.1) is 6.61 Å². The van der Waals surface area contributed by atoms with Gasteiger partial charge in [-0.2, -0.15) is 0 Å². The third kappa shape index (κ3) is 6.08. The Morgan fingerprint density at radius 3 is 2.42 bits per heavy atom. The van der Waals surface area contributed by atoms with Gasteiger partial charge in [-0.25, -0.2) is 0 Å². The van der Waals surface area contributed by atoms with Crippen molar-refractivity contribution in [2.24, 2.45) is 0 Å². The first-order valence-corrected chi connectivity index (χ1v) is 7.20. The smallest absolute Gasteiger partial charge is 0.119 e. The minimum Gasteiger partial charge on any atom is -0.494 e. The van der Waals surface area contributed by atoms with Gasteiger partial charge in [-0.05, 0) is 44.0 Å². The van der Waals surface area contributed by atoms with E-state index < -0.39 is 0 Å². The number of ether oxygens (including phenoxy) is 2. The fourth-order valence-electron chi connectivity index (χ4n) is 2.04. The van der Waals surface area contributed by atoms with Gasteiger partial charge >= 0.3 is 0 Å². The van der Waals surface area contributed by atoms with E-state index in [4.69, 9.17) is 9.47 Å². The van der Waals surface area contributed by atoms with E-state index in [1.165, 1.54) is 12.0 Å². The summed E-state index contributed by atoms with van der Waals surface area (Å²) < 4.78 is 10.8. The van der Waals surface area contributed by atoms with Crippen molar-refractivity contribution >= 4 is 0 Å². The average Bonchev–Trinajstić information content (AvgIpc) is 2.45. The topological polar surface area (TPSA) is 30.5 Å². The molecule has 0 heterocycles. The lowest BCUT2D eigenvalue weighted by molar-refractivity contribution is 0.189. The van der Waals surface area contributed by atoms with Gasteiger partial charge in [0, 0.05) is 19.8 Å². The fraction of sp³-hybridized carbons (Fsp3) is 0.625. The normalized spacial score (nSPS) is 12.4. The molecule has 0 bridgehead atoms. The van der Waals surface area contributed by atoms with Crippen molar-refractivity contribution in [2.45, 2.75) is 38.6 Å². The second-order valence-corrected chi connectivity index (χ2v) is 4.75. The minimum atomic E-state index is 0.389. The van der Waals surface area contributed by atoms with E-state index in [1.807, 2.05) is 7.05 Å². The number of benzene rings is 1. The molecule has 108 valence electrons. The molecule has 0 aliphatic carbocycles. The van der Waals surface area contributed by atoms with Crippen molar-refractivity contribution in [1.82, 2.24) is 5.32 Å². The van der Waals surface area contributed by atoms with Crippen LogP contribution >= 0.6 is 0 Å². The molecule has 0 saturated carbocycles. The number of methoxy groups -OCH3 is 1. The molecule has 1 atom stereocenters. The van der Waals surface area contributed by atoms with Crippen molar-refractivity contribution in [3.05, 3.63) is 29.8 Å². The van der Waals surface area contributed by atoms with Gasteiger partial charge in [0.15, 0.2) is 0 Å². The summed E-state index contributed by atoms with van der Waals surface area (Å²) in [5.41, 5.74) is 1.31. The molecular weight excluding hydrogens is 238 g/mol. The number of rotatable bonds is 10. The van der Waals surface area contributed by atoms with Crippen LogP contribution in [0.3, 0.4) is 0 Å². The van der Waals surface area contributed by atoms with Crippen LogP contribution < -0.4 is 10.1 Å². The first kappa shape index (κ1) is 16.0. The third-order valence-corrected chi connectivity index (χ3v) is 3.24. The van der Waals surface area contributed by atoms with Gasteiger partial charge in [0.1, 0.15) is 5.75 Å². The number of unbranched alkanes of at least 4 members (excludes halogenated alkanes) is 1. The van der Waals surface area contributed by atoms with Gasteiger partial charge in [0.25, 0.3) is 0 Å². The molecule has 0 radical (unpaired) electrons. The Hall–Kier alpha value is -1.06. The summed E-state index contributed by atoms with van der Waals surface area (Å²) >= 11 is 0. The van der Waals surface area contributed by atoms with Gasteiger partial charge in [-0.15, -0.1) is 0 Å². The zero-order valence-electron chi connectivity index (χ0n) is 12.4. The summed E-state index contributed by atoms with van der Waals surface area (Å²) in [6.07, 6.45) is 4.43. The molecule has 0 aliphatic heterocycles. The second kappa shape index (κ2) is 9.82. The summed E-state index contributed by atoms with van der Waals surface area (Å²) in [5, 5.41) is 3.35. The predicted octanol–water partition coefficient (Wildman–Crippen LogP) is 3.55. The molecule has 0 spiro atoms. The molecule has 1 aromatic carbocycles. The zero-order chi connectivity index (χ0) is 13.9. The van der Waals surface area contributed by atoms with E-state index in [-0.39, 0.29) is 0 Å². The standard InChI is InChI=1S/C16H27NO2/c1-4-5-13-19-15-10-8-14(9-11-15)16(17-2)7-6-12-18-3/h8-11,16-17H,4-7,12-13H2,1-3H3. The number of hydrogen-bond acceptors (Lipinski definition) is 3. The van der Waals surface area contributed by atoms with Crippen molar-refractivity contribution in [2.75, 3.05) is 27.4 Å². The molecule has 1 aromatic rings. The van der Waals surface area contributed by atoms with Gasteiger partial charge in [-0.3, -0.25) is 0 Å². The summed E-state index contributed by atoms with van der Waals surface area (Å²) in [5.74, 6) is 0.962. The summed E-state index contributed by atoms with van der Waals surface area (Å²) in [6, 6.07) is 8.81. The Bertz CT molecular complexity index is 324. The van der Waals surface area contributed by atoms with Gasteiger partial charge in [0.2, 0.25) is 0 Å². The molecular formula is C16H27NO2. The van der Waals surface area contributed by atoms with E-state index in [1.54, 1.807) is 7.11 Å². The lowest BCUT2D eigenvalue weighted by Gasteiger charge is -2.17. The van der Waals surface area contributed by atoms with Crippen LogP contribution in [0.25, 0.3) is 0 Å². The summed E-state index contributed by atoms with van der Waals surface area (Å²) in [4.78, 5) is 0. The van der Waals surface area contributed by atoms with Crippen LogP contribution in [0.15, 0.2) is 24.3 Å². The van der Waals surface area contributed by atoms with E-state index in [2.05, 4.69) is 36.5 Å². The maximum atomic E-state index is 5.67. The number of nitrogens with one attached hydrogen (secondary N) is 1. The lowest BCUT2D eigenvalue weighted by atomic mass is 10.0. The van der Waals surface area contributed by atoms with Crippen LogP contribution in [-0.4, -0.2) is 27.4 Å². The van der Waals surface area contributed by atoms with Gasteiger partial charge < -0.3 is 14.8 Å². The number of hydrogen-bond donors (Lipinski definition) is 1. The summed E-state index contributed by atoms with van der Waals surface area (Å²) in [7, 11) is 3.75. The Morgan fingerprint density at radius 1 is 1.11 bits per heavy atom. The quantitative estimate of drug-likeness (QED) is 0.656. The highest BCUT2D eigenvalue weighted by Gasteiger charge is 2.08. The monoisotopic (exact) mass is 265 g/mol. The van der Waals surface area contributed by atoms with Gasteiger partial charge in [-0.1, -0.05) is 25.5 Å². The highest BCUT2D eigenvalue weighted by Crippen LogP contribution is 2.21. The first-order valence-electron chi connectivity index (χ1n) is 7.20. The Balaban J connectivity index is 2.47. The van der Waals surface area contributed by atoms with Crippen molar-refractivity contribution in [1.29, 1.82) is 0 Å². The predicted molar refractivity (Wildman–Crippen MR) is 79.8 cm³/mol. The Morgan fingerprint density at radius 2 is 1.84 bits per heavy atom. The van der Waals surface area contributed by atoms with E-state index >= 15 is 0 Å². The molecule has 0 saturated heterocycles. The lowest BCUT2D eigenvalue weighted by Crippen LogP contribution is -2.16. The van der Waals surface area contributed by atoms with Crippen LogP contribution in [-0.2, 0) is 4.74 Å². The highest BCUT2D eigenvalue weighted by molar-refractivity contribution is 5.29. The van der Waals surface area contributed by atoms with E-state index in [9.17, 15) is 0 Å². The molecule has 1 unspecified atom stereocenters. The third-order valence-electron chi connectivity index (χ3n) is 3.24. The van der Waals surface area contributed by atoms with E-state index in [0.29, 0.717) is 6.04 Å². The average molecular weight is 265 g/mol. The zero-order valence-corrected chi connectivity index (χ0v) is 12.4. The molecule has 1 rings (SSSR count). The minimum absolute atomic E-state index is 0.389. The molecule has 0 fully saturated rings. The van der Waals surface area contributed by atoms with Crippen LogP contribution in [0.2, 0.25) is 0 Å². The Labute approximate surface area is 117 Å². The first-order chi connectivity index (χ1) is 9.31. The maximum Gasteiger partial charge on any atom is 0.119 e. The highest BCUT2D eigenvalue weighted by atomic mass is 16.5. The maximum absolute atomic E-state index is 5.67. The molecule has 1 N–H and O–H groups in total. The molecule has 0 amide bonds. The van der Waals surface area contributed by atoms with Crippen LogP contribution in [0.4, 0.5) is 0 Å². The SMILES string of the molecule is CCCCOc1ccc(C(CCCOC)NC)cc1. The molecule has 0 aromatic heterocycles. The van der Waals surface area contributed by atoms with Crippen molar-refractivity contribution in [3.63, 3.8) is 0 Å². The van der Waals surface area contributed by atoms with Crippen molar-refractivity contribution in [3.8, 4) is 5.75 Å². The fourth-order valence-corrected chi connectivity index (χ4v) is 2.04. The Kier molecular flexibility index (Phi) is 8.26. The van der Waals surface area contributed by atoms with E-state index in [0.717, 1.165) is 38.2 Å². The largest absolute Gasteiger partial charge is 0.494 e. The van der Waals surface area contributed by atoms with Crippen LogP contribution in [0.1, 0.15) is 44.2 Å². The van der Waals surface area contributed by atoms with Crippen LogP contribution in [0, 0.1) is 0 Å². The second-order valence-electron chi connectivity index (χ2n) is 4.75. The van der Waals surface area contributed by atoms with Crippen molar-refractivity contribution < 1.29 is 9.47 Å². The molecule has 3 heteroatoms. The molecule has 0 aliphatic rings. The molecule has 3 nitrogen and oxygen atoms in total. The molecule has 19 heavy (non-hydrogen) atoms. The summed E-state index contributed by atoms with van der Waals surface area (Å²) in [6.45, 7) is 3.79.